The maximum atomic E-state index is 6.03. The van der Waals surface area contributed by atoms with E-state index >= 15 is 0 Å². The Morgan fingerprint density at radius 1 is 1.40 bits per heavy atom. The molecule has 2 rings (SSSR count). The number of hydrogen-bond donors (Lipinski definition) is 1. The summed E-state index contributed by atoms with van der Waals surface area (Å²) < 4.78 is 5.63. The van der Waals surface area contributed by atoms with E-state index in [1.807, 2.05) is 6.07 Å². The number of rotatable bonds is 1. The molecule has 1 aliphatic rings. The second kappa shape index (κ2) is 4.11. The highest BCUT2D eigenvalue weighted by Crippen LogP contribution is 2.39. The monoisotopic (exact) mass is 245 g/mol. The Morgan fingerprint density at radius 3 is 2.80 bits per heavy atom. The van der Waals surface area contributed by atoms with Crippen LogP contribution in [0.5, 0.6) is 5.75 Å². The van der Waals surface area contributed by atoms with Crippen molar-refractivity contribution in [1.29, 1.82) is 0 Å². The van der Waals surface area contributed by atoms with Crippen molar-refractivity contribution in [2.75, 3.05) is 11.9 Å². The molecule has 82 valence electrons. The summed E-state index contributed by atoms with van der Waals surface area (Å²) in [6, 6.07) is 3.85. The predicted octanol–water partition coefficient (Wildman–Crippen LogP) is 3.82. The Labute approximate surface area is 99.5 Å². The van der Waals surface area contributed by atoms with Crippen LogP contribution in [0.1, 0.15) is 13.8 Å². The summed E-state index contributed by atoms with van der Waals surface area (Å²) >= 11 is 12.0. The average molecular weight is 246 g/mol. The molecular formula is C11H13Cl2NO. The van der Waals surface area contributed by atoms with Crippen LogP contribution in [-0.2, 0) is 0 Å². The molecule has 0 bridgehead atoms. The van der Waals surface area contributed by atoms with Gasteiger partial charge >= 0.3 is 0 Å². The van der Waals surface area contributed by atoms with Crippen molar-refractivity contribution in [1.82, 2.24) is 0 Å². The predicted molar refractivity (Wildman–Crippen MR) is 64.2 cm³/mol. The first kappa shape index (κ1) is 10.9. The summed E-state index contributed by atoms with van der Waals surface area (Å²) in [5.74, 6) is 1.22. The average Bonchev–Trinajstić information content (AvgIpc) is 2.16. The Hall–Kier alpha value is -0.600. The van der Waals surface area contributed by atoms with Gasteiger partial charge in [-0.1, -0.05) is 37.0 Å². The highest BCUT2D eigenvalue weighted by molar-refractivity contribution is 6.36. The van der Waals surface area contributed by atoms with Crippen molar-refractivity contribution in [2.45, 2.75) is 19.9 Å². The molecule has 0 radical (unpaired) electrons. The molecular weight excluding hydrogens is 233 g/mol. The van der Waals surface area contributed by atoms with E-state index in [1.54, 1.807) is 6.07 Å². The summed E-state index contributed by atoms with van der Waals surface area (Å²) in [5.41, 5.74) is 0.887. The van der Waals surface area contributed by atoms with E-state index in [2.05, 4.69) is 19.2 Å². The van der Waals surface area contributed by atoms with E-state index in [0.29, 0.717) is 34.4 Å². The zero-order valence-electron chi connectivity index (χ0n) is 8.68. The molecule has 4 heteroatoms. The van der Waals surface area contributed by atoms with Crippen LogP contribution in [-0.4, -0.2) is 12.6 Å². The normalized spacial score (nSPS) is 19.4. The standard InChI is InChI=1S/C11H13Cl2NO/c1-6(2)10-5-15-11-8(13)3-7(12)4-9(11)14-10/h3-4,6,10,14H,5H2,1-2H3. The van der Waals surface area contributed by atoms with Crippen LogP contribution in [0, 0.1) is 5.92 Å². The Kier molecular flexibility index (Phi) is 2.98. The molecule has 1 atom stereocenters. The van der Waals surface area contributed by atoms with E-state index in [1.165, 1.54) is 0 Å². The third kappa shape index (κ3) is 2.16. The van der Waals surface area contributed by atoms with Gasteiger partial charge in [0.05, 0.1) is 16.8 Å². The maximum absolute atomic E-state index is 6.03. The molecule has 0 amide bonds. The zero-order chi connectivity index (χ0) is 11.0. The molecule has 0 saturated carbocycles. The summed E-state index contributed by atoms with van der Waals surface area (Å²) in [6.45, 7) is 4.95. The van der Waals surface area contributed by atoms with Crippen LogP contribution in [0.25, 0.3) is 0 Å². The quantitative estimate of drug-likeness (QED) is 0.813. The van der Waals surface area contributed by atoms with Crippen LogP contribution >= 0.6 is 23.2 Å². The highest BCUT2D eigenvalue weighted by atomic mass is 35.5. The number of anilines is 1. The number of fused-ring (bicyclic) bond motifs is 1. The first-order valence-corrected chi connectivity index (χ1v) is 5.72. The van der Waals surface area contributed by atoms with Crippen molar-refractivity contribution in [3.05, 3.63) is 22.2 Å². The lowest BCUT2D eigenvalue weighted by Crippen LogP contribution is -2.35. The fourth-order valence-corrected chi connectivity index (χ4v) is 2.14. The number of benzene rings is 1. The van der Waals surface area contributed by atoms with Gasteiger partial charge in [-0.3, -0.25) is 0 Å². The minimum atomic E-state index is 0.312. The van der Waals surface area contributed by atoms with E-state index in [-0.39, 0.29) is 0 Å². The molecule has 0 fully saturated rings. The van der Waals surface area contributed by atoms with Crippen LogP contribution in [0.3, 0.4) is 0 Å². The van der Waals surface area contributed by atoms with Crippen LogP contribution in [0.15, 0.2) is 12.1 Å². The van der Waals surface area contributed by atoms with Gasteiger partial charge in [0.2, 0.25) is 0 Å². The molecule has 0 saturated heterocycles. The third-order valence-electron chi connectivity index (χ3n) is 2.56. The van der Waals surface area contributed by atoms with Gasteiger partial charge in [-0.25, -0.2) is 0 Å². The molecule has 1 aromatic carbocycles. The molecule has 1 unspecified atom stereocenters. The Morgan fingerprint density at radius 2 is 2.13 bits per heavy atom. The van der Waals surface area contributed by atoms with Crippen molar-refractivity contribution < 1.29 is 4.74 Å². The summed E-state index contributed by atoms with van der Waals surface area (Å²) in [6.07, 6.45) is 0. The van der Waals surface area contributed by atoms with Crippen molar-refractivity contribution >= 4 is 28.9 Å². The van der Waals surface area contributed by atoms with E-state index < -0.39 is 0 Å². The number of hydrogen-bond acceptors (Lipinski definition) is 2. The molecule has 0 spiro atoms. The molecule has 1 aliphatic heterocycles. The highest BCUT2D eigenvalue weighted by Gasteiger charge is 2.23. The Bertz CT molecular complexity index is 379. The Balaban J connectivity index is 2.33. The van der Waals surface area contributed by atoms with Crippen molar-refractivity contribution in [2.24, 2.45) is 5.92 Å². The van der Waals surface area contributed by atoms with Gasteiger partial charge < -0.3 is 10.1 Å². The molecule has 0 aromatic heterocycles. The third-order valence-corrected chi connectivity index (χ3v) is 3.06. The summed E-state index contributed by atoms with van der Waals surface area (Å²) in [4.78, 5) is 0. The number of halogens is 2. The topological polar surface area (TPSA) is 21.3 Å². The largest absolute Gasteiger partial charge is 0.488 e. The van der Waals surface area contributed by atoms with Gasteiger partial charge in [-0.15, -0.1) is 0 Å². The van der Waals surface area contributed by atoms with Gasteiger partial charge in [0.1, 0.15) is 6.61 Å². The molecule has 0 aliphatic carbocycles. The van der Waals surface area contributed by atoms with Crippen molar-refractivity contribution in [3.63, 3.8) is 0 Å². The lowest BCUT2D eigenvalue weighted by atomic mass is 10.0. The first-order valence-electron chi connectivity index (χ1n) is 4.96. The fraction of sp³-hybridized carbons (Fsp3) is 0.455. The summed E-state index contributed by atoms with van der Waals surface area (Å²) in [5, 5.41) is 4.57. The maximum Gasteiger partial charge on any atom is 0.161 e. The number of ether oxygens (including phenoxy) is 1. The second-order valence-electron chi connectivity index (χ2n) is 4.07. The van der Waals surface area contributed by atoms with Gasteiger partial charge in [0.25, 0.3) is 0 Å². The van der Waals surface area contributed by atoms with Gasteiger partial charge in [-0.2, -0.15) is 0 Å². The minimum absolute atomic E-state index is 0.312. The first-order chi connectivity index (χ1) is 7.08. The van der Waals surface area contributed by atoms with Crippen LogP contribution < -0.4 is 10.1 Å². The zero-order valence-corrected chi connectivity index (χ0v) is 10.2. The minimum Gasteiger partial charge on any atom is -0.488 e. The van der Waals surface area contributed by atoms with Gasteiger partial charge in [-0.05, 0) is 18.1 Å². The smallest absolute Gasteiger partial charge is 0.161 e. The lowest BCUT2D eigenvalue weighted by molar-refractivity contribution is 0.257. The molecule has 2 nitrogen and oxygen atoms in total. The van der Waals surface area contributed by atoms with Gasteiger partial charge in [0, 0.05) is 5.02 Å². The second-order valence-corrected chi connectivity index (χ2v) is 4.91. The fourth-order valence-electron chi connectivity index (χ4n) is 1.59. The van der Waals surface area contributed by atoms with E-state index in [9.17, 15) is 0 Å². The SMILES string of the molecule is CC(C)C1COc2c(Cl)cc(Cl)cc2N1. The molecule has 1 aromatic rings. The molecule has 1 N–H and O–H groups in total. The molecule has 1 heterocycles. The number of nitrogens with one attached hydrogen (secondary N) is 1. The lowest BCUT2D eigenvalue weighted by Gasteiger charge is -2.30. The molecule has 15 heavy (non-hydrogen) atoms. The van der Waals surface area contributed by atoms with Crippen LogP contribution in [0.4, 0.5) is 5.69 Å². The summed E-state index contributed by atoms with van der Waals surface area (Å²) in [7, 11) is 0. The van der Waals surface area contributed by atoms with Crippen molar-refractivity contribution in [3.8, 4) is 5.75 Å². The van der Waals surface area contributed by atoms with E-state index in [4.69, 9.17) is 27.9 Å². The van der Waals surface area contributed by atoms with Crippen LogP contribution in [0.2, 0.25) is 10.0 Å². The van der Waals surface area contributed by atoms with Gasteiger partial charge in [0.15, 0.2) is 5.75 Å². The van der Waals surface area contributed by atoms with E-state index in [0.717, 1.165) is 5.69 Å².